The summed E-state index contributed by atoms with van der Waals surface area (Å²) < 4.78 is 5.49. The lowest BCUT2D eigenvalue weighted by atomic mass is 9.88. The van der Waals surface area contributed by atoms with E-state index in [0.717, 1.165) is 12.2 Å². The number of rotatable bonds is 6. The van der Waals surface area contributed by atoms with Crippen molar-refractivity contribution < 1.29 is 4.74 Å². The minimum Gasteiger partial charge on any atom is -0.494 e. The third-order valence-corrected chi connectivity index (χ3v) is 4.25. The predicted molar refractivity (Wildman–Crippen MR) is 106 cm³/mol. The average molecular weight is 327 g/mol. The molecule has 3 rings (SSSR count). The average Bonchev–Trinajstić information content (AvgIpc) is 2.68. The molecule has 3 aromatic rings. The molecule has 0 heterocycles. The monoisotopic (exact) mass is 327 g/mol. The van der Waals surface area contributed by atoms with E-state index >= 15 is 0 Å². The van der Waals surface area contributed by atoms with Crippen molar-refractivity contribution in [1.29, 1.82) is 0 Å². The van der Waals surface area contributed by atoms with Crippen LogP contribution in [0.4, 0.5) is 0 Å². The molecular weight excluding hydrogens is 304 g/mol. The van der Waals surface area contributed by atoms with Crippen LogP contribution in [0.1, 0.15) is 30.0 Å². The van der Waals surface area contributed by atoms with Crippen LogP contribution < -0.4 is 4.74 Å². The molecular formula is C24H23O. The van der Waals surface area contributed by atoms with Gasteiger partial charge in [0.05, 0.1) is 6.61 Å². The molecule has 0 fully saturated rings. The van der Waals surface area contributed by atoms with Gasteiger partial charge in [0.1, 0.15) is 5.75 Å². The summed E-state index contributed by atoms with van der Waals surface area (Å²) in [7, 11) is 0. The predicted octanol–water partition coefficient (Wildman–Crippen LogP) is 6.27. The van der Waals surface area contributed by atoms with Gasteiger partial charge in [0, 0.05) is 0 Å². The van der Waals surface area contributed by atoms with Gasteiger partial charge in [-0.2, -0.15) is 0 Å². The summed E-state index contributed by atoms with van der Waals surface area (Å²) in [5.74, 6) is 0.851. The van der Waals surface area contributed by atoms with Crippen LogP contribution in [0, 0.1) is 6.92 Å². The van der Waals surface area contributed by atoms with Crippen molar-refractivity contribution in [3.05, 3.63) is 109 Å². The topological polar surface area (TPSA) is 9.23 Å². The highest BCUT2D eigenvalue weighted by molar-refractivity contribution is 5.98. The smallest absolute Gasteiger partial charge is 0.119 e. The molecule has 0 spiro atoms. The molecule has 0 aliphatic heterocycles. The second-order valence-corrected chi connectivity index (χ2v) is 5.81. The summed E-state index contributed by atoms with van der Waals surface area (Å²) in [6, 6.07) is 29.5. The summed E-state index contributed by atoms with van der Waals surface area (Å²) in [5.41, 5.74) is 6.31. The first-order valence-electron chi connectivity index (χ1n) is 8.70. The lowest BCUT2D eigenvalue weighted by molar-refractivity contribution is 0.361. The molecule has 3 aromatic carbocycles. The van der Waals surface area contributed by atoms with Crippen molar-refractivity contribution in [2.24, 2.45) is 0 Å². The van der Waals surface area contributed by atoms with Gasteiger partial charge in [0.15, 0.2) is 0 Å². The van der Waals surface area contributed by atoms with Gasteiger partial charge in [-0.1, -0.05) is 79.7 Å². The van der Waals surface area contributed by atoms with E-state index in [4.69, 9.17) is 4.74 Å². The Morgan fingerprint density at radius 2 is 1.24 bits per heavy atom. The van der Waals surface area contributed by atoms with Crippen LogP contribution in [0.15, 0.2) is 84.9 Å². The van der Waals surface area contributed by atoms with E-state index in [2.05, 4.69) is 86.6 Å². The number of allylic oxidation sites excluding steroid dienone is 1. The van der Waals surface area contributed by atoms with Crippen molar-refractivity contribution in [2.45, 2.75) is 13.3 Å². The second-order valence-electron chi connectivity index (χ2n) is 5.81. The quantitative estimate of drug-likeness (QED) is 0.485. The van der Waals surface area contributed by atoms with Gasteiger partial charge in [0.2, 0.25) is 0 Å². The molecule has 25 heavy (non-hydrogen) atoms. The minimum atomic E-state index is 0.435. The fourth-order valence-corrected chi connectivity index (χ4v) is 3.12. The molecule has 0 atom stereocenters. The van der Waals surface area contributed by atoms with Crippen molar-refractivity contribution in [2.75, 3.05) is 6.61 Å². The first-order valence-corrected chi connectivity index (χ1v) is 8.70. The number of hydrogen-bond donors (Lipinski definition) is 0. The highest BCUT2D eigenvalue weighted by atomic mass is 16.5. The molecule has 0 saturated carbocycles. The summed E-state index contributed by atoms with van der Waals surface area (Å²) >= 11 is 0. The Bertz CT molecular complexity index is 815. The Labute approximate surface area is 150 Å². The van der Waals surface area contributed by atoms with Gasteiger partial charge in [-0.15, -0.1) is 0 Å². The highest BCUT2D eigenvalue weighted by Gasteiger charge is 2.12. The largest absolute Gasteiger partial charge is 0.494 e. The van der Waals surface area contributed by atoms with Crippen molar-refractivity contribution in [3.63, 3.8) is 0 Å². The number of hydrogen-bond acceptors (Lipinski definition) is 1. The third-order valence-electron chi connectivity index (χ3n) is 4.25. The van der Waals surface area contributed by atoms with E-state index in [0.29, 0.717) is 6.61 Å². The van der Waals surface area contributed by atoms with Crippen LogP contribution in [-0.4, -0.2) is 6.61 Å². The number of ether oxygens (including phenoxy) is 1. The summed E-state index contributed by atoms with van der Waals surface area (Å²) in [6.45, 7) is 6.38. The Hall–Kier alpha value is -2.80. The SMILES string of the molecule is [CH2]COc1ccc(C(=C(CC)c2ccccc2)c2ccccc2)cc1. The van der Waals surface area contributed by atoms with Crippen LogP contribution in [0.25, 0.3) is 11.1 Å². The molecule has 0 aromatic heterocycles. The summed E-state index contributed by atoms with van der Waals surface area (Å²) in [6.07, 6.45) is 0.964. The summed E-state index contributed by atoms with van der Waals surface area (Å²) in [4.78, 5) is 0. The van der Waals surface area contributed by atoms with E-state index < -0.39 is 0 Å². The molecule has 1 radical (unpaired) electrons. The van der Waals surface area contributed by atoms with Crippen molar-refractivity contribution >= 4 is 11.1 Å². The first-order chi connectivity index (χ1) is 12.3. The van der Waals surface area contributed by atoms with Crippen LogP contribution in [0.3, 0.4) is 0 Å². The first kappa shape index (κ1) is 17.0. The fourth-order valence-electron chi connectivity index (χ4n) is 3.12. The maximum Gasteiger partial charge on any atom is 0.119 e. The van der Waals surface area contributed by atoms with Gasteiger partial charge in [-0.25, -0.2) is 0 Å². The molecule has 0 saturated heterocycles. The molecule has 1 heteroatoms. The summed E-state index contributed by atoms with van der Waals surface area (Å²) in [5, 5.41) is 0. The van der Waals surface area contributed by atoms with E-state index in [1.165, 1.54) is 27.8 Å². The van der Waals surface area contributed by atoms with Crippen LogP contribution in [0.5, 0.6) is 5.75 Å². The second kappa shape index (κ2) is 8.34. The molecule has 0 bridgehead atoms. The fraction of sp³-hybridized carbons (Fsp3) is 0.125. The zero-order valence-corrected chi connectivity index (χ0v) is 14.6. The van der Waals surface area contributed by atoms with E-state index in [1.54, 1.807) is 0 Å². The zero-order valence-electron chi connectivity index (χ0n) is 14.6. The van der Waals surface area contributed by atoms with Gasteiger partial charge in [0.25, 0.3) is 0 Å². The van der Waals surface area contributed by atoms with E-state index in [1.807, 2.05) is 12.1 Å². The Balaban J connectivity index is 2.17. The maximum atomic E-state index is 5.49. The third kappa shape index (κ3) is 4.00. The van der Waals surface area contributed by atoms with Gasteiger partial charge in [-0.3, -0.25) is 0 Å². The minimum absolute atomic E-state index is 0.435. The van der Waals surface area contributed by atoms with Crippen LogP contribution in [-0.2, 0) is 0 Å². The van der Waals surface area contributed by atoms with E-state index in [-0.39, 0.29) is 0 Å². The molecule has 0 unspecified atom stereocenters. The van der Waals surface area contributed by atoms with Gasteiger partial charge < -0.3 is 4.74 Å². The van der Waals surface area contributed by atoms with Gasteiger partial charge in [-0.05, 0) is 53.3 Å². The standard InChI is InChI=1S/C24H23O/c1-3-23(19-11-7-5-8-12-19)24(20-13-9-6-10-14-20)21-15-17-22(18-16-21)25-4-2/h5-18H,2-4H2,1H3. The Morgan fingerprint density at radius 1 is 0.720 bits per heavy atom. The van der Waals surface area contributed by atoms with Crippen molar-refractivity contribution in [3.8, 4) is 5.75 Å². The zero-order chi connectivity index (χ0) is 17.5. The lowest BCUT2D eigenvalue weighted by Crippen LogP contribution is -1.96. The molecule has 0 aliphatic carbocycles. The molecule has 0 aliphatic rings. The van der Waals surface area contributed by atoms with Gasteiger partial charge >= 0.3 is 0 Å². The number of benzene rings is 3. The normalized spacial score (nSPS) is 11.8. The molecule has 125 valence electrons. The van der Waals surface area contributed by atoms with E-state index in [9.17, 15) is 0 Å². The van der Waals surface area contributed by atoms with Crippen LogP contribution >= 0.6 is 0 Å². The molecule has 0 N–H and O–H groups in total. The van der Waals surface area contributed by atoms with Crippen LogP contribution in [0.2, 0.25) is 0 Å². The Kier molecular flexibility index (Phi) is 5.69. The van der Waals surface area contributed by atoms with Crippen molar-refractivity contribution in [1.82, 2.24) is 0 Å². The highest BCUT2D eigenvalue weighted by Crippen LogP contribution is 2.34. The Morgan fingerprint density at radius 3 is 1.76 bits per heavy atom. The molecule has 0 amide bonds. The maximum absolute atomic E-state index is 5.49. The molecule has 1 nitrogen and oxygen atoms in total. The lowest BCUT2D eigenvalue weighted by Gasteiger charge is -2.16.